The van der Waals surface area contributed by atoms with Crippen LogP contribution in [0.2, 0.25) is 5.15 Å². The number of anilines is 1. The third-order valence-electron chi connectivity index (χ3n) is 7.46. The van der Waals surface area contributed by atoms with Crippen molar-refractivity contribution in [1.82, 2.24) is 19.5 Å². The molecule has 1 unspecified atom stereocenters. The fourth-order valence-electron chi connectivity index (χ4n) is 5.48. The lowest BCUT2D eigenvalue weighted by molar-refractivity contribution is 0.117. The van der Waals surface area contributed by atoms with Gasteiger partial charge in [0, 0.05) is 43.5 Å². The molecule has 0 saturated carbocycles. The Morgan fingerprint density at radius 2 is 1.68 bits per heavy atom. The van der Waals surface area contributed by atoms with E-state index in [-0.39, 0.29) is 6.10 Å². The molecule has 0 aliphatic carbocycles. The number of imidazole rings is 1. The highest BCUT2D eigenvalue weighted by molar-refractivity contribution is 6.34. The van der Waals surface area contributed by atoms with E-state index >= 15 is 0 Å². The summed E-state index contributed by atoms with van der Waals surface area (Å²) < 4.78 is 1.83. The number of aromatic nitrogens is 4. The van der Waals surface area contributed by atoms with Crippen LogP contribution in [-0.4, -0.2) is 48.9 Å². The van der Waals surface area contributed by atoms with Crippen LogP contribution in [0.25, 0.3) is 22.0 Å². The average Bonchev–Trinajstić information content (AvgIpc) is 3.39. The fourth-order valence-corrected chi connectivity index (χ4v) is 5.77. The van der Waals surface area contributed by atoms with Crippen molar-refractivity contribution in [3.8, 4) is 11.1 Å². The summed E-state index contributed by atoms with van der Waals surface area (Å²) in [5.41, 5.74) is 4.03. The van der Waals surface area contributed by atoms with Gasteiger partial charge < -0.3 is 19.7 Å². The molecule has 0 amide bonds. The first kappa shape index (κ1) is 24.6. The van der Waals surface area contributed by atoms with Gasteiger partial charge in [-0.25, -0.2) is 9.97 Å². The second-order valence-corrected chi connectivity index (χ2v) is 10.1. The number of benzene rings is 2. The highest BCUT2D eigenvalue weighted by Gasteiger charge is 2.37. The molecule has 3 aromatic heterocycles. The molecule has 1 fully saturated rings. The standard InChI is InChI=1S/C30H28ClN5O2/c1-35-19-33-18-26(35)30(38,21-9-13-32-14-10-21)22-7-8-25-24(17-22)28(36-15-11-23(37)12-16-36)27(29(31)34-25)20-5-3-2-4-6-20/h2-10,13-14,17-19,23,37-38H,11-12,15-16H2,1H3. The molecule has 1 aliphatic rings. The molecule has 4 heterocycles. The van der Waals surface area contributed by atoms with Gasteiger partial charge in [-0.3, -0.25) is 4.98 Å². The molecule has 0 radical (unpaired) electrons. The molecule has 1 aliphatic heterocycles. The fraction of sp³-hybridized carbons (Fsp3) is 0.233. The van der Waals surface area contributed by atoms with Crippen molar-refractivity contribution in [3.05, 3.63) is 108 Å². The minimum absolute atomic E-state index is 0.313. The van der Waals surface area contributed by atoms with Crippen molar-refractivity contribution in [2.75, 3.05) is 18.0 Å². The molecule has 192 valence electrons. The van der Waals surface area contributed by atoms with Crippen LogP contribution in [0, 0.1) is 0 Å². The number of nitrogens with zero attached hydrogens (tertiary/aromatic N) is 5. The number of hydrogen-bond acceptors (Lipinski definition) is 6. The number of piperidine rings is 1. The zero-order valence-electron chi connectivity index (χ0n) is 21.0. The SMILES string of the molecule is Cn1cncc1C(O)(c1ccncc1)c1ccc2nc(Cl)c(-c3ccccc3)c(N3CCC(O)CC3)c2c1. The number of aliphatic hydroxyl groups is 2. The first-order valence-electron chi connectivity index (χ1n) is 12.7. The van der Waals surface area contributed by atoms with Crippen LogP contribution in [0.15, 0.2) is 85.6 Å². The van der Waals surface area contributed by atoms with E-state index in [2.05, 4.69) is 14.9 Å². The maximum Gasteiger partial charge on any atom is 0.157 e. The van der Waals surface area contributed by atoms with Crippen LogP contribution < -0.4 is 4.90 Å². The summed E-state index contributed by atoms with van der Waals surface area (Å²) >= 11 is 6.86. The lowest BCUT2D eigenvalue weighted by Gasteiger charge is -2.35. The summed E-state index contributed by atoms with van der Waals surface area (Å²) in [5, 5.41) is 24.0. The summed E-state index contributed by atoms with van der Waals surface area (Å²) in [6.07, 6.45) is 7.76. The van der Waals surface area contributed by atoms with Crippen molar-refractivity contribution < 1.29 is 10.2 Å². The van der Waals surface area contributed by atoms with Crippen LogP contribution in [-0.2, 0) is 12.6 Å². The predicted octanol–water partition coefficient (Wildman–Crippen LogP) is 4.93. The largest absolute Gasteiger partial charge is 0.393 e. The Labute approximate surface area is 226 Å². The number of fused-ring (bicyclic) bond motifs is 1. The Hall–Kier alpha value is -3.78. The third kappa shape index (κ3) is 4.13. The van der Waals surface area contributed by atoms with Crippen LogP contribution >= 0.6 is 11.6 Å². The zero-order valence-corrected chi connectivity index (χ0v) is 21.8. The molecule has 0 spiro atoms. The van der Waals surface area contributed by atoms with E-state index in [1.54, 1.807) is 24.9 Å². The van der Waals surface area contributed by atoms with Gasteiger partial charge in [0.1, 0.15) is 5.15 Å². The zero-order chi connectivity index (χ0) is 26.3. The quantitative estimate of drug-likeness (QED) is 0.316. The maximum absolute atomic E-state index is 12.4. The van der Waals surface area contributed by atoms with Crippen molar-refractivity contribution in [1.29, 1.82) is 0 Å². The molecule has 6 rings (SSSR count). The van der Waals surface area contributed by atoms with Gasteiger partial charge in [0.15, 0.2) is 5.60 Å². The van der Waals surface area contributed by atoms with E-state index in [9.17, 15) is 10.2 Å². The number of rotatable bonds is 5. The summed E-state index contributed by atoms with van der Waals surface area (Å²) in [4.78, 5) is 15.5. The molecule has 2 N–H and O–H groups in total. The van der Waals surface area contributed by atoms with Crippen molar-refractivity contribution >= 4 is 28.2 Å². The first-order valence-corrected chi connectivity index (χ1v) is 13.1. The van der Waals surface area contributed by atoms with Gasteiger partial charge >= 0.3 is 0 Å². The van der Waals surface area contributed by atoms with E-state index in [0.717, 1.165) is 27.7 Å². The molecular formula is C30H28ClN5O2. The normalized spacial score (nSPS) is 16.1. The Kier molecular flexibility index (Phi) is 6.35. The van der Waals surface area contributed by atoms with E-state index in [1.165, 1.54) is 0 Å². The Balaban J connectivity index is 1.64. The second kappa shape index (κ2) is 9.83. The highest BCUT2D eigenvalue weighted by atomic mass is 35.5. The van der Waals surface area contributed by atoms with Crippen LogP contribution in [0.1, 0.15) is 29.7 Å². The van der Waals surface area contributed by atoms with E-state index in [4.69, 9.17) is 16.6 Å². The Bertz CT molecular complexity index is 1580. The predicted molar refractivity (Wildman–Crippen MR) is 149 cm³/mol. The van der Waals surface area contributed by atoms with Crippen molar-refractivity contribution in [2.45, 2.75) is 24.5 Å². The molecular weight excluding hydrogens is 498 g/mol. The minimum Gasteiger partial charge on any atom is -0.393 e. The molecule has 1 atom stereocenters. The van der Waals surface area contributed by atoms with Crippen LogP contribution in [0.5, 0.6) is 0 Å². The van der Waals surface area contributed by atoms with Crippen LogP contribution in [0.3, 0.4) is 0 Å². The van der Waals surface area contributed by atoms with Crippen molar-refractivity contribution in [3.63, 3.8) is 0 Å². The number of hydrogen-bond donors (Lipinski definition) is 2. The van der Waals surface area contributed by atoms with Gasteiger partial charge in [-0.15, -0.1) is 0 Å². The molecule has 8 heteroatoms. The van der Waals surface area contributed by atoms with Gasteiger partial charge in [-0.2, -0.15) is 0 Å². The molecule has 7 nitrogen and oxygen atoms in total. The summed E-state index contributed by atoms with van der Waals surface area (Å²) in [6.45, 7) is 1.38. The lowest BCUT2D eigenvalue weighted by atomic mass is 9.83. The first-order chi connectivity index (χ1) is 18.5. The number of halogens is 1. The Morgan fingerprint density at radius 1 is 0.947 bits per heavy atom. The summed E-state index contributed by atoms with van der Waals surface area (Å²) in [7, 11) is 1.87. The van der Waals surface area contributed by atoms with E-state index in [0.29, 0.717) is 47.9 Å². The van der Waals surface area contributed by atoms with E-state index < -0.39 is 5.60 Å². The molecule has 1 saturated heterocycles. The minimum atomic E-state index is -1.48. The smallest absolute Gasteiger partial charge is 0.157 e. The molecule has 0 bridgehead atoms. The highest BCUT2D eigenvalue weighted by Crippen LogP contribution is 2.44. The third-order valence-corrected chi connectivity index (χ3v) is 7.73. The van der Waals surface area contributed by atoms with E-state index in [1.807, 2.05) is 72.3 Å². The monoisotopic (exact) mass is 525 g/mol. The van der Waals surface area contributed by atoms with Gasteiger partial charge in [0.2, 0.25) is 0 Å². The number of aliphatic hydroxyl groups excluding tert-OH is 1. The number of aryl methyl sites for hydroxylation is 1. The molecule has 5 aromatic rings. The van der Waals surface area contributed by atoms with Crippen molar-refractivity contribution in [2.24, 2.45) is 7.05 Å². The van der Waals surface area contributed by atoms with Gasteiger partial charge in [-0.05, 0) is 53.8 Å². The number of pyridine rings is 2. The lowest BCUT2D eigenvalue weighted by Crippen LogP contribution is -2.36. The topological polar surface area (TPSA) is 87.3 Å². The molecule has 38 heavy (non-hydrogen) atoms. The summed E-state index contributed by atoms with van der Waals surface area (Å²) in [6, 6.07) is 19.5. The Morgan fingerprint density at radius 3 is 2.37 bits per heavy atom. The second-order valence-electron chi connectivity index (χ2n) is 9.78. The molecule has 2 aromatic carbocycles. The van der Waals surface area contributed by atoms with Crippen LogP contribution in [0.4, 0.5) is 5.69 Å². The van der Waals surface area contributed by atoms with Gasteiger partial charge in [0.05, 0.1) is 35.5 Å². The summed E-state index contributed by atoms with van der Waals surface area (Å²) in [5.74, 6) is 0. The maximum atomic E-state index is 12.4. The average molecular weight is 526 g/mol. The van der Waals surface area contributed by atoms with Gasteiger partial charge in [-0.1, -0.05) is 48.0 Å². The van der Waals surface area contributed by atoms with Gasteiger partial charge in [0.25, 0.3) is 0 Å².